The van der Waals surface area contributed by atoms with Crippen molar-refractivity contribution in [2.75, 3.05) is 36.5 Å². The van der Waals surface area contributed by atoms with Crippen molar-refractivity contribution in [3.8, 4) is 5.75 Å². The third-order valence-electron chi connectivity index (χ3n) is 7.44. The van der Waals surface area contributed by atoms with Crippen LogP contribution in [0.5, 0.6) is 5.75 Å². The fourth-order valence-corrected chi connectivity index (χ4v) is 6.27. The van der Waals surface area contributed by atoms with Gasteiger partial charge in [-0.25, -0.2) is 0 Å². The van der Waals surface area contributed by atoms with Crippen LogP contribution in [0, 0.1) is 5.92 Å². The summed E-state index contributed by atoms with van der Waals surface area (Å²) in [6.45, 7) is 4.77. The molecule has 2 aliphatic rings. The molecule has 6 rings (SSSR count). The third-order valence-corrected chi connectivity index (χ3v) is 8.29. The first-order valence-corrected chi connectivity index (χ1v) is 13.7. The van der Waals surface area contributed by atoms with Gasteiger partial charge in [-0.2, -0.15) is 0 Å². The zero-order chi connectivity index (χ0) is 24.5. The number of nitrogens with zero attached hydrogens (tertiary/aromatic N) is 2. The molecular weight excluding hydrogens is 468 g/mol. The fourth-order valence-electron chi connectivity index (χ4n) is 5.42. The van der Waals surface area contributed by atoms with Gasteiger partial charge in [-0.15, -0.1) is 11.3 Å². The topological polar surface area (TPSA) is 58.5 Å². The summed E-state index contributed by atoms with van der Waals surface area (Å²) in [7, 11) is 1.95. The SMILES string of the molecule is Cn1c(C(=O)Nc2cccc3c2CCCN3Cc2ccc(OCC3CCNC3)cc2)cc2sccc21. The molecule has 186 valence electrons. The highest BCUT2D eigenvalue weighted by molar-refractivity contribution is 7.17. The Morgan fingerprint density at radius 3 is 2.89 bits per heavy atom. The van der Waals surface area contributed by atoms with Crippen LogP contribution in [0.15, 0.2) is 60.0 Å². The molecule has 0 spiro atoms. The molecule has 0 radical (unpaired) electrons. The number of ether oxygens (including phenoxy) is 1. The Labute approximate surface area is 215 Å². The Morgan fingerprint density at radius 1 is 1.19 bits per heavy atom. The van der Waals surface area contributed by atoms with Crippen molar-refractivity contribution < 1.29 is 9.53 Å². The molecule has 0 saturated carbocycles. The number of aromatic nitrogens is 1. The fraction of sp³-hybridized carbons (Fsp3) is 0.345. The van der Waals surface area contributed by atoms with Gasteiger partial charge in [0.25, 0.3) is 5.91 Å². The van der Waals surface area contributed by atoms with Crippen LogP contribution in [0.4, 0.5) is 11.4 Å². The number of carbonyl (C=O) groups excluding carboxylic acids is 1. The van der Waals surface area contributed by atoms with Crippen molar-refractivity contribution in [1.29, 1.82) is 0 Å². The van der Waals surface area contributed by atoms with Crippen LogP contribution >= 0.6 is 11.3 Å². The lowest BCUT2D eigenvalue weighted by Gasteiger charge is -2.32. The molecule has 2 aromatic carbocycles. The van der Waals surface area contributed by atoms with Gasteiger partial charge in [0, 0.05) is 44.0 Å². The maximum absolute atomic E-state index is 13.2. The van der Waals surface area contributed by atoms with Crippen LogP contribution in [0.1, 0.15) is 34.5 Å². The van der Waals surface area contributed by atoms with Crippen molar-refractivity contribution in [3.05, 3.63) is 76.8 Å². The molecule has 0 bridgehead atoms. The first-order chi connectivity index (χ1) is 17.7. The number of nitrogens with one attached hydrogen (secondary N) is 2. The molecule has 0 aliphatic carbocycles. The molecule has 7 heteroatoms. The average Bonchev–Trinajstić information content (AvgIpc) is 3.64. The molecule has 1 fully saturated rings. The summed E-state index contributed by atoms with van der Waals surface area (Å²) in [5, 5.41) is 8.65. The molecule has 2 N–H and O–H groups in total. The molecule has 1 unspecified atom stereocenters. The van der Waals surface area contributed by atoms with Crippen LogP contribution in [0.2, 0.25) is 0 Å². The van der Waals surface area contributed by atoms with Gasteiger partial charge in [0.2, 0.25) is 0 Å². The lowest BCUT2D eigenvalue weighted by atomic mass is 9.98. The van der Waals surface area contributed by atoms with Gasteiger partial charge in [-0.1, -0.05) is 18.2 Å². The summed E-state index contributed by atoms with van der Waals surface area (Å²) in [6, 6.07) is 18.8. The van der Waals surface area contributed by atoms with E-state index in [1.54, 1.807) is 11.3 Å². The molecule has 2 aromatic heterocycles. The largest absolute Gasteiger partial charge is 0.493 e. The predicted molar refractivity (Wildman–Crippen MR) is 147 cm³/mol. The standard InChI is InChI=1S/C29H32N4O2S/c1-32-26-12-15-36-28(26)16-27(32)29(34)31-24-5-2-6-25-23(24)4-3-14-33(25)18-20-7-9-22(10-8-20)35-19-21-11-13-30-17-21/h2,5-10,12,15-16,21,30H,3-4,11,13-14,17-19H2,1H3,(H,31,34). The van der Waals surface area contributed by atoms with E-state index in [9.17, 15) is 4.79 Å². The van der Waals surface area contributed by atoms with Crippen LogP contribution in [0.25, 0.3) is 10.2 Å². The highest BCUT2D eigenvalue weighted by atomic mass is 32.1. The van der Waals surface area contributed by atoms with Gasteiger partial charge >= 0.3 is 0 Å². The van der Waals surface area contributed by atoms with E-state index >= 15 is 0 Å². The van der Waals surface area contributed by atoms with Gasteiger partial charge < -0.3 is 24.8 Å². The number of rotatable bonds is 7. The van der Waals surface area contributed by atoms with Crippen molar-refractivity contribution >= 4 is 38.8 Å². The Hall–Kier alpha value is -3.29. The lowest BCUT2D eigenvalue weighted by molar-refractivity contribution is 0.101. The van der Waals surface area contributed by atoms with Gasteiger partial charge in [0.15, 0.2) is 0 Å². The average molecular weight is 501 g/mol. The van der Waals surface area contributed by atoms with E-state index in [0.29, 0.717) is 11.6 Å². The molecule has 4 heterocycles. The molecular formula is C29H32N4O2S. The van der Waals surface area contributed by atoms with E-state index < -0.39 is 0 Å². The van der Waals surface area contributed by atoms with Crippen molar-refractivity contribution in [1.82, 2.24) is 9.88 Å². The number of amides is 1. The summed E-state index contributed by atoms with van der Waals surface area (Å²) < 4.78 is 9.12. The maximum Gasteiger partial charge on any atom is 0.272 e. The summed E-state index contributed by atoms with van der Waals surface area (Å²) >= 11 is 1.66. The molecule has 1 saturated heterocycles. The Bertz CT molecular complexity index is 1370. The highest BCUT2D eigenvalue weighted by Crippen LogP contribution is 2.34. The van der Waals surface area contributed by atoms with Crippen LogP contribution in [0.3, 0.4) is 0 Å². The monoisotopic (exact) mass is 500 g/mol. The number of fused-ring (bicyclic) bond motifs is 2. The number of aryl methyl sites for hydroxylation is 1. The number of thiophene rings is 1. The minimum Gasteiger partial charge on any atom is -0.493 e. The Balaban J connectivity index is 1.15. The number of carbonyl (C=O) groups is 1. The maximum atomic E-state index is 13.2. The number of anilines is 2. The normalized spacial score (nSPS) is 17.4. The second kappa shape index (κ2) is 9.99. The number of hydrogen-bond donors (Lipinski definition) is 2. The first-order valence-electron chi connectivity index (χ1n) is 12.8. The second-order valence-electron chi connectivity index (χ2n) is 9.85. The molecule has 1 atom stereocenters. The zero-order valence-corrected chi connectivity index (χ0v) is 21.4. The van der Waals surface area contributed by atoms with E-state index in [-0.39, 0.29) is 5.91 Å². The lowest BCUT2D eigenvalue weighted by Crippen LogP contribution is -2.29. The minimum absolute atomic E-state index is 0.0598. The summed E-state index contributed by atoms with van der Waals surface area (Å²) in [4.78, 5) is 15.6. The Morgan fingerprint density at radius 2 is 2.08 bits per heavy atom. The third kappa shape index (κ3) is 4.61. The smallest absolute Gasteiger partial charge is 0.272 e. The highest BCUT2D eigenvalue weighted by Gasteiger charge is 2.22. The molecule has 1 amide bonds. The molecule has 6 nitrogen and oxygen atoms in total. The molecule has 2 aliphatic heterocycles. The number of benzene rings is 2. The molecule has 36 heavy (non-hydrogen) atoms. The first kappa shape index (κ1) is 23.1. The van der Waals surface area contributed by atoms with E-state index in [4.69, 9.17) is 4.74 Å². The Kier molecular flexibility index (Phi) is 6.42. The van der Waals surface area contributed by atoms with Gasteiger partial charge in [-0.05, 0) is 78.7 Å². The van der Waals surface area contributed by atoms with Crippen molar-refractivity contribution in [2.45, 2.75) is 25.8 Å². The van der Waals surface area contributed by atoms with Crippen molar-refractivity contribution in [2.24, 2.45) is 13.0 Å². The quantitative estimate of drug-likeness (QED) is 0.355. The van der Waals surface area contributed by atoms with Gasteiger partial charge in [-0.3, -0.25) is 4.79 Å². The van der Waals surface area contributed by atoms with Crippen LogP contribution in [-0.2, 0) is 20.0 Å². The van der Waals surface area contributed by atoms with E-state index in [1.165, 1.54) is 23.2 Å². The summed E-state index contributed by atoms with van der Waals surface area (Å²) in [5.41, 5.74) is 6.39. The molecule has 4 aromatic rings. The predicted octanol–water partition coefficient (Wildman–Crippen LogP) is 5.43. The van der Waals surface area contributed by atoms with Crippen molar-refractivity contribution in [3.63, 3.8) is 0 Å². The summed E-state index contributed by atoms with van der Waals surface area (Å²) in [6.07, 6.45) is 3.22. The van der Waals surface area contributed by atoms with E-state index in [1.807, 2.05) is 29.8 Å². The zero-order valence-electron chi connectivity index (χ0n) is 20.6. The minimum atomic E-state index is -0.0598. The van der Waals surface area contributed by atoms with E-state index in [2.05, 4.69) is 57.3 Å². The summed E-state index contributed by atoms with van der Waals surface area (Å²) in [5.74, 6) is 1.49. The van der Waals surface area contributed by atoms with Crippen LogP contribution in [-0.4, -0.2) is 36.7 Å². The number of hydrogen-bond acceptors (Lipinski definition) is 5. The van der Waals surface area contributed by atoms with E-state index in [0.717, 1.165) is 67.3 Å². The van der Waals surface area contributed by atoms with Crippen LogP contribution < -0.4 is 20.3 Å². The van der Waals surface area contributed by atoms with Gasteiger partial charge in [0.05, 0.1) is 16.8 Å². The second-order valence-corrected chi connectivity index (χ2v) is 10.8. The van der Waals surface area contributed by atoms with Gasteiger partial charge in [0.1, 0.15) is 11.4 Å².